The molecule has 1 unspecified atom stereocenters. The van der Waals surface area contributed by atoms with Crippen molar-refractivity contribution in [3.63, 3.8) is 0 Å². The molecule has 116 valence electrons. The van der Waals surface area contributed by atoms with Gasteiger partial charge in [0.1, 0.15) is 22.7 Å². The highest BCUT2D eigenvalue weighted by atomic mass is 32.2. The molecule has 0 radical (unpaired) electrons. The SMILES string of the molecule is COc1ccc(S(=O)(=O)N2CCCC(C=O)C2)c(OC)c1. The Hall–Kier alpha value is -1.60. The number of carbonyl (C=O) groups excluding carboxylic acids is 1. The van der Waals surface area contributed by atoms with Crippen LogP contribution in [0.4, 0.5) is 0 Å². The first-order chi connectivity index (χ1) is 10.0. The van der Waals surface area contributed by atoms with Gasteiger partial charge >= 0.3 is 0 Å². The molecular weight excluding hydrogens is 294 g/mol. The van der Waals surface area contributed by atoms with Gasteiger partial charge in [0, 0.05) is 25.1 Å². The summed E-state index contributed by atoms with van der Waals surface area (Å²) < 4.78 is 37.0. The lowest BCUT2D eigenvalue weighted by atomic mass is 10.0. The van der Waals surface area contributed by atoms with E-state index in [0.717, 1.165) is 12.7 Å². The van der Waals surface area contributed by atoms with Crippen LogP contribution in [0.15, 0.2) is 23.1 Å². The molecule has 1 aromatic carbocycles. The molecule has 0 spiro atoms. The smallest absolute Gasteiger partial charge is 0.246 e. The molecule has 7 heteroatoms. The maximum atomic E-state index is 12.7. The van der Waals surface area contributed by atoms with E-state index in [9.17, 15) is 13.2 Å². The van der Waals surface area contributed by atoms with Gasteiger partial charge in [0.2, 0.25) is 10.0 Å². The number of ether oxygens (including phenoxy) is 2. The first-order valence-electron chi connectivity index (χ1n) is 6.70. The second-order valence-electron chi connectivity index (χ2n) is 4.92. The number of benzene rings is 1. The fourth-order valence-corrected chi connectivity index (χ4v) is 4.10. The van der Waals surface area contributed by atoms with E-state index in [1.807, 2.05) is 0 Å². The summed E-state index contributed by atoms with van der Waals surface area (Å²) in [5.41, 5.74) is 0. The van der Waals surface area contributed by atoms with Crippen molar-refractivity contribution in [3.05, 3.63) is 18.2 Å². The molecule has 0 aliphatic carbocycles. The van der Waals surface area contributed by atoms with Gasteiger partial charge in [-0.1, -0.05) is 0 Å². The number of sulfonamides is 1. The van der Waals surface area contributed by atoms with Gasteiger partial charge in [-0.25, -0.2) is 8.42 Å². The van der Waals surface area contributed by atoms with E-state index in [1.165, 1.54) is 30.7 Å². The second-order valence-corrected chi connectivity index (χ2v) is 6.82. The standard InChI is InChI=1S/C14H19NO5S/c1-19-12-5-6-14(13(8-12)20-2)21(17,18)15-7-3-4-11(9-15)10-16/h5-6,8,10-11H,3-4,7,9H2,1-2H3. The summed E-state index contributed by atoms with van der Waals surface area (Å²) in [6.07, 6.45) is 2.24. The highest BCUT2D eigenvalue weighted by Gasteiger charge is 2.32. The number of piperidine rings is 1. The summed E-state index contributed by atoms with van der Waals surface area (Å²) in [5.74, 6) is 0.524. The zero-order chi connectivity index (χ0) is 15.5. The molecule has 2 rings (SSSR count). The van der Waals surface area contributed by atoms with Crippen molar-refractivity contribution >= 4 is 16.3 Å². The predicted molar refractivity (Wildman–Crippen MR) is 77.1 cm³/mol. The quantitative estimate of drug-likeness (QED) is 0.766. The molecule has 0 bridgehead atoms. The van der Waals surface area contributed by atoms with Crippen LogP contribution in [0.25, 0.3) is 0 Å². The van der Waals surface area contributed by atoms with Crippen molar-refractivity contribution in [2.45, 2.75) is 17.7 Å². The molecule has 1 aliphatic rings. The van der Waals surface area contributed by atoms with Crippen molar-refractivity contribution in [1.29, 1.82) is 0 Å². The van der Waals surface area contributed by atoms with Crippen LogP contribution in [0.1, 0.15) is 12.8 Å². The molecule has 0 aromatic heterocycles. The Kier molecular flexibility index (Phi) is 4.84. The maximum absolute atomic E-state index is 12.7. The normalized spacial score (nSPS) is 20.0. The largest absolute Gasteiger partial charge is 0.497 e. The summed E-state index contributed by atoms with van der Waals surface area (Å²) in [6.45, 7) is 0.642. The molecule has 1 aromatic rings. The van der Waals surface area contributed by atoms with Crippen LogP contribution < -0.4 is 9.47 Å². The molecule has 0 amide bonds. The molecular formula is C14H19NO5S. The van der Waals surface area contributed by atoms with E-state index in [4.69, 9.17) is 9.47 Å². The molecule has 1 aliphatic heterocycles. The molecule has 1 fully saturated rings. The lowest BCUT2D eigenvalue weighted by Gasteiger charge is -2.29. The lowest BCUT2D eigenvalue weighted by molar-refractivity contribution is -0.112. The first kappa shape index (κ1) is 15.8. The number of nitrogens with zero attached hydrogens (tertiary/aromatic N) is 1. The zero-order valence-electron chi connectivity index (χ0n) is 12.1. The van der Waals surface area contributed by atoms with Crippen LogP contribution in [0, 0.1) is 5.92 Å². The predicted octanol–water partition coefficient (Wildman–Crippen LogP) is 1.30. The topological polar surface area (TPSA) is 72.9 Å². The van der Waals surface area contributed by atoms with E-state index in [0.29, 0.717) is 18.7 Å². The number of hydrogen-bond acceptors (Lipinski definition) is 5. The van der Waals surface area contributed by atoms with E-state index in [1.54, 1.807) is 6.07 Å². The summed E-state index contributed by atoms with van der Waals surface area (Å²) >= 11 is 0. The molecule has 6 nitrogen and oxygen atoms in total. The van der Waals surface area contributed by atoms with E-state index < -0.39 is 10.0 Å². The number of aldehydes is 1. The van der Waals surface area contributed by atoms with Crippen LogP contribution in [-0.2, 0) is 14.8 Å². The number of methoxy groups -OCH3 is 2. The number of carbonyl (C=O) groups is 1. The van der Waals surface area contributed by atoms with Crippen molar-refractivity contribution in [3.8, 4) is 11.5 Å². The van der Waals surface area contributed by atoms with Gasteiger partial charge in [-0.05, 0) is 25.0 Å². The molecule has 1 heterocycles. The molecule has 0 saturated carbocycles. The first-order valence-corrected chi connectivity index (χ1v) is 8.14. The number of hydrogen-bond donors (Lipinski definition) is 0. The van der Waals surface area contributed by atoms with Crippen LogP contribution in [-0.4, -0.2) is 46.3 Å². The third kappa shape index (κ3) is 3.19. The maximum Gasteiger partial charge on any atom is 0.246 e. The molecule has 1 saturated heterocycles. The highest BCUT2D eigenvalue weighted by molar-refractivity contribution is 7.89. The second kappa shape index (κ2) is 6.44. The van der Waals surface area contributed by atoms with E-state index in [2.05, 4.69) is 0 Å². The summed E-state index contributed by atoms with van der Waals surface area (Å²) in [6, 6.07) is 4.59. The molecule has 21 heavy (non-hydrogen) atoms. The Morgan fingerprint density at radius 1 is 1.29 bits per heavy atom. The van der Waals surface area contributed by atoms with Crippen molar-refractivity contribution in [2.24, 2.45) is 5.92 Å². The van der Waals surface area contributed by atoms with Crippen LogP contribution in [0.2, 0.25) is 0 Å². The van der Waals surface area contributed by atoms with Crippen molar-refractivity contribution in [1.82, 2.24) is 4.31 Å². The Bertz CT molecular complexity index is 614. The van der Waals surface area contributed by atoms with Crippen LogP contribution in [0.5, 0.6) is 11.5 Å². The minimum Gasteiger partial charge on any atom is -0.497 e. The van der Waals surface area contributed by atoms with Gasteiger partial charge in [0.25, 0.3) is 0 Å². The fraction of sp³-hybridized carbons (Fsp3) is 0.500. The Morgan fingerprint density at radius 2 is 2.05 bits per heavy atom. The minimum absolute atomic E-state index is 0.0948. The zero-order valence-corrected chi connectivity index (χ0v) is 12.9. The minimum atomic E-state index is -3.68. The van der Waals surface area contributed by atoms with Gasteiger partial charge in [-0.3, -0.25) is 0 Å². The highest BCUT2D eigenvalue weighted by Crippen LogP contribution is 2.32. The Balaban J connectivity index is 2.37. The van der Waals surface area contributed by atoms with Gasteiger partial charge < -0.3 is 14.3 Å². The average molecular weight is 313 g/mol. The third-order valence-corrected chi connectivity index (χ3v) is 5.51. The van der Waals surface area contributed by atoms with Gasteiger partial charge in [0.15, 0.2) is 0 Å². The van der Waals surface area contributed by atoms with Crippen molar-refractivity contribution in [2.75, 3.05) is 27.3 Å². The molecule has 1 atom stereocenters. The number of rotatable bonds is 5. The summed E-state index contributed by atoms with van der Waals surface area (Å²) in [5, 5.41) is 0. The Morgan fingerprint density at radius 3 is 2.67 bits per heavy atom. The summed E-state index contributed by atoms with van der Waals surface area (Å²) in [7, 11) is -0.762. The van der Waals surface area contributed by atoms with Gasteiger partial charge in [0.05, 0.1) is 14.2 Å². The van der Waals surface area contributed by atoms with E-state index >= 15 is 0 Å². The van der Waals surface area contributed by atoms with E-state index in [-0.39, 0.29) is 23.1 Å². The van der Waals surface area contributed by atoms with Gasteiger partial charge in [-0.15, -0.1) is 0 Å². The van der Waals surface area contributed by atoms with Gasteiger partial charge in [-0.2, -0.15) is 4.31 Å². The van der Waals surface area contributed by atoms with Crippen molar-refractivity contribution < 1.29 is 22.7 Å². The average Bonchev–Trinajstić information content (AvgIpc) is 2.54. The summed E-state index contributed by atoms with van der Waals surface area (Å²) in [4.78, 5) is 11.0. The van der Waals surface area contributed by atoms with Crippen LogP contribution >= 0.6 is 0 Å². The van der Waals surface area contributed by atoms with Crippen LogP contribution in [0.3, 0.4) is 0 Å². The monoisotopic (exact) mass is 313 g/mol. The third-order valence-electron chi connectivity index (χ3n) is 3.60. The molecule has 0 N–H and O–H groups in total. The lowest BCUT2D eigenvalue weighted by Crippen LogP contribution is -2.40. The Labute approximate surface area is 124 Å². The fourth-order valence-electron chi connectivity index (χ4n) is 2.43.